The van der Waals surface area contributed by atoms with Crippen molar-refractivity contribution < 1.29 is 5.11 Å². The molecule has 0 atom stereocenters. The number of aromatic nitrogens is 2. The molecule has 0 spiro atoms. The van der Waals surface area contributed by atoms with E-state index < -0.39 is 0 Å². The van der Waals surface area contributed by atoms with Crippen LogP contribution in [0.4, 0.5) is 0 Å². The maximum Gasteiger partial charge on any atom is 0.124 e. The highest BCUT2D eigenvalue weighted by Gasteiger charge is 2.13. The SMILES string of the molecule is Cc1nn(Cc2ccccc2)c2c1cc(O)c1ccccc12. The lowest BCUT2D eigenvalue weighted by atomic mass is 10.1. The van der Waals surface area contributed by atoms with Gasteiger partial charge in [0, 0.05) is 16.2 Å². The molecule has 0 radical (unpaired) electrons. The van der Waals surface area contributed by atoms with Crippen LogP contribution in [0.25, 0.3) is 21.7 Å². The summed E-state index contributed by atoms with van der Waals surface area (Å²) < 4.78 is 2.03. The van der Waals surface area contributed by atoms with Crippen molar-refractivity contribution in [1.29, 1.82) is 0 Å². The van der Waals surface area contributed by atoms with Crippen LogP contribution in [-0.2, 0) is 6.54 Å². The molecule has 0 bridgehead atoms. The predicted molar refractivity (Wildman–Crippen MR) is 89.2 cm³/mol. The molecule has 1 N–H and O–H groups in total. The molecular weight excluding hydrogens is 272 g/mol. The van der Waals surface area contributed by atoms with E-state index in [-0.39, 0.29) is 0 Å². The van der Waals surface area contributed by atoms with E-state index in [2.05, 4.69) is 17.2 Å². The summed E-state index contributed by atoms with van der Waals surface area (Å²) in [6, 6.07) is 20.0. The molecule has 3 aromatic carbocycles. The minimum atomic E-state index is 0.311. The van der Waals surface area contributed by atoms with Crippen LogP contribution in [0.1, 0.15) is 11.3 Å². The first-order valence-electron chi connectivity index (χ1n) is 7.36. The van der Waals surface area contributed by atoms with Crippen LogP contribution in [0.15, 0.2) is 60.7 Å². The molecule has 1 heterocycles. The van der Waals surface area contributed by atoms with E-state index in [1.54, 1.807) is 0 Å². The quantitative estimate of drug-likeness (QED) is 0.598. The van der Waals surface area contributed by atoms with Crippen molar-refractivity contribution in [3.05, 3.63) is 71.9 Å². The van der Waals surface area contributed by atoms with Crippen molar-refractivity contribution in [1.82, 2.24) is 9.78 Å². The van der Waals surface area contributed by atoms with Gasteiger partial charge in [-0.1, -0.05) is 54.6 Å². The van der Waals surface area contributed by atoms with E-state index in [0.29, 0.717) is 5.75 Å². The average molecular weight is 288 g/mol. The van der Waals surface area contributed by atoms with E-state index in [1.165, 1.54) is 5.56 Å². The molecule has 0 unspecified atom stereocenters. The minimum absolute atomic E-state index is 0.311. The fourth-order valence-electron chi connectivity index (χ4n) is 3.05. The molecule has 0 fully saturated rings. The lowest BCUT2D eigenvalue weighted by molar-refractivity contribution is 0.482. The number of hydrogen-bond acceptors (Lipinski definition) is 2. The maximum atomic E-state index is 10.3. The van der Waals surface area contributed by atoms with Crippen LogP contribution >= 0.6 is 0 Å². The van der Waals surface area contributed by atoms with Gasteiger partial charge in [-0.2, -0.15) is 5.10 Å². The van der Waals surface area contributed by atoms with Crippen molar-refractivity contribution in [2.24, 2.45) is 0 Å². The number of nitrogens with zero attached hydrogens (tertiary/aromatic N) is 2. The van der Waals surface area contributed by atoms with E-state index in [0.717, 1.165) is 33.9 Å². The highest BCUT2D eigenvalue weighted by molar-refractivity contribution is 6.09. The first-order valence-corrected chi connectivity index (χ1v) is 7.36. The summed E-state index contributed by atoms with van der Waals surface area (Å²) >= 11 is 0. The monoisotopic (exact) mass is 288 g/mol. The van der Waals surface area contributed by atoms with E-state index in [4.69, 9.17) is 0 Å². The zero-order valence-electron chi connectivity index (χ0n) is 12.3. The van der Waals surface area contributed by atoms with Crippen LogP contribution in [0, 0.1) is 6.92 Å². The van der Waals surface area contributed by atoms with Gasteiger partial charge in [0.05, 0.1) is 17.8 Å². The van der Waals surface area contributed by atoms with Crippen molar-refractivity contribution in [2.75, 3.05) is 0 Å². The Morgan fingerprint density at radius 1 is 0.909 bits per heavy atom. The number of aromatic hydroxyl groups is 1. The highest BCUT2D eigenvalue weighted by atomic mass is 16.3. The lowest BCUT2D eigenvalue weighted by Gasteiger charge is -2.07. The molecule has 0 aliphatic heterocycles. The summed E-state index contributed by atoms with van der Waals surface area (Å²) in [5, 5.41) is 17.8. The Morgan fingerprint density at radius 2 is 1.59 bits per heavy atom. The Kier molecular flexibility index (Phi) is 2.86. The number of aryl methyl sites for hydroxylation is 1. The van der Waals surface area contributed by atoms with Crippen molar-refractivity contribution in [3.63, 3.8) is 0 Å². The molecule has 0 saturated carbocycles. The number of benzene rings is 3. The molecule has 22 heavy (non-hydrogen) atoms. The van der Waals surface area contributed by atoms with Gasteiger partial charge in [0.2, 0.25) is 0 Å². The zero-order chi connectivity index (χ0) is 15.1. The number of phenolic OH excluding ortho intramolecular Hbond substituents is 1. The van der Waals surface area contributed by atoms with Gasteiger partial charge in [0.25, 0.3) is 0 Å². The molecular formula is C19H16N2O. The minimum Gasteiger partial charge on any atom is -0.507 e. The van der Waals surface area contributed by atoms with Crippen LogP contribution in [0.3, 0.4) is 0 Å². The summed E-state index contributed by atoms with van der Waals surface area (Å²) in [6.45, 7) is 2.71. The second-order valence-corrected chi connectivity index (χ2v) is 5.57. The van der Waals surface area contributed by atoms with Gasteiger partial charge in [-0.25, -0.2) is 0 Å². The number of fused-ring (bicyclic) bond motifs is 3. The second kappa shape index (κ2) is 4.88. The average Bonchev–Trinajstić information content (AvgIpc) is 2.85. The Bertz CT molecular complexity index is 971. The third-order valence-corrected chi connectivity index (χ3v) is 4.09. The Morgan fingerprint density at radius 3 is 2.36 bits per heavy atom. The highest BCUT2D eigenvalue weighted by Crippen LogP contribution is 2.34. The Balaban J connectivity index is 2.01. The van der Waals surface area contributed by atoms with Gasteiger partial charge in [-0.3, -0.25) is 4.68 Å². The number of phenols is 1. The normalized spacial score (nSPS) is 11.3. The summed E-state index contributed by atoms with van der Waals surface area (Å²) in [6.07, 6.45) is 0. The van der Waals surface area contributed by atoms with Crippen LogP contribution in [-0.4, -0.2) is 14.9 Å². The molecule has 108 valence electrons. The maximum absolute atomic E-state index is 10.3. The Hall–Kier alpha value is -2.81. The number of rotatable bonds is 2. The standard InChI is InChI=1S/C19H16N2O/c1-13-17-11-18(22)15-9-5-6-10-16(15)19(17)21(20-13)12-14-7-3-2-4-8-14/h2-11,22H,12H2,1H3. The third kappa shape index (κ3) is 1.94. The van der Waals surface area contributed by atoms with E-state index >= 15 is 0 Å². The topological polar surface area (TPSA) is 38.0 Å². The van der Waals surface area contributed by atoms with Crippen molar-refractivity contribution in [2.45, 2.75) is 13.5 Å². The van der Waals surface area contributed by atoms with Gasteiger partial charge in [-0.15, -0.1) is 0 Å². The van der Waals surface area contributed by atoms with Gasteiger partial charge in [-0.05, 0) is 18.6 Å². The fourth-order valence-corrected chi connectivity index (χ4v) is 3.05. The van der Waals surface area contributed by atoms with Gasteiger partial charge >= 0.3 is 0 Å². The molecule has 4 aromatic rings. The molecule has 0 aliphatic rings. The van der Waals surface area contributed by atoms with Gasteiger partial charge < -0.3 is 5.11 Å². The summed E-state index contributed by atoms with van der Waals surface area (Å²) in [4.78, 5) is 0. The molecule has 3 heteroatoms. The summed E-state index contributed by atoms with van der Waals surface area (Å²) in [5.74, 6) is 0.311. The first kappa shape index (κ1) is 12.9. The molecule has 3 nitrogen and oxygen atoms in total. The third-order valence-electron chi connectivity index (χ3n) is 4.09. The lowest BCUT2D eigenvalue weighted by Crippen LogP contribution is -2.02. The number of hydrogen-bond donors (Lipinski definition) is 1. The van der Waals surface area contributed by atoms with Gasteiger partial charge in [0.1, 0.15) is 5.75 Å². The first-order chi connectivity index (χ1) is 10.7. The zero-order valence-corrected chi connectivity index (χ0v) is 12.3. The molecule has 0 amide bonds. The molecule has 4 rings (SSSR count). The predicted octanol–water partition coefficient (Wildman–Crippen LogP) is 4.25. The van der Waals surface area contributed by atoms with Crippen LogP contribution in [0.5, 0.6) is 5.75 Å². The smallest absolute Gasteiger partial charge is 0.124 e. The molecule has 0 aliphatic carbocycles. The summed E-state index contributed by atoms with van der Waals surface area (Å²) in [7, 11) is 0. The molecule has 0 saturated heterocycles. The van der Waals surface area contributed by atoms with E-state index in [1.807, 2.05) is 60.1 Å². The van der Waals surface area contributed by atoms with Crippen molar-refractivity contribution in [3.8, 4) is 5.75 Å². The van der Waals surface area contributed by atoms with Crippen LogP contribution in [0.2, 0.25) is 0 Å². The summed E-state index contributed by atoms with van der Waals surface area (Å²) in [5.41, 5.74) is 3.23. The Labute approximate surface area is 128 Å². The van der Waals surface area contributed by atoms with Crippen molar-refractivity contribution >= 4 is 21.7 Å². The van der Waals surface area contributed by atoms with E-state index in [9.17, 15) is 5.11 Å². The molecule has 1 aromatic heterocycles. The van der Waals surface area contributed by atoms with Crippen LogP contribution < -0.4 is 0 Å². The largest absolute Gasteiger partial charge is 0.507 e. The second-order valence-electron chi connectivity index (χ2n) is 5.57. The van der Waals surface area contributed by atoms with Gasteiger partial charge in [0.15, 0.2) is 0 Å². The fraction of sp³-hybridized carbons (Fsp3) is 0.105.